The van der Waals surface area contributed by atoms with Crippen LogP contribution < -0.4 is 0 Å². The second kappa shape index (κ2) is 5.28. The second-order valence-corrected chi connectivity index (χ2v) is 4.88. The highest BCUT2D eigenvalue weighted by Gasteiger charge is 2.25. The number of hydrogen-bond acceptors (Lipinski definition) is 3. The van der Waals surface area contributed by atoms with E-state index < -0.39 is 0 Å². The molecular weight excluding hydrogens is 204 g/mol. The van der Waals surface area contributed by atoms with Crippen LogP contribution in [0, 0.1) is 11.8 Å². The summed E-state index contributed by atoms with van der Waals surface area (Å²) < 4.78 is 5.13. The van der Waals surface area contributed by atoms with E-state index in [0.717, 1.165) is 5.57 Å². The molecule has 0 heterocycles. The van der Waals surface area contributed by atoms with Crippen LogP contribution in [-0.2, 0) is 14.3 Å². The molecule has 90 valence electrons. The van der Waals surface area contributed by atoms with Gasteiger partial charge < -0.3 is 4.74 Å². The molecule has 0 N–H and O–H groups in total. The fourth-order valence-corrected chi connectivity index (χ4v) is 1.89. The van der Waals surface area contributed by atoms with Gasteiger partial charge in [-0.1, -0.05) is 19.4 Å². The lowest BCUT2D eigenvalue weighted by Crippen LogP contribution is -2.19. The minimum atomic E-state index is -0.178. The number of ether oxygens (including phenoxy) is 1. The molecule has 0 saturated heterocycles. The van der Waals surface area contributed by atoms with Gasteiger partial charge in [-0.15, -0.1) is 0 Å². The van der Waals surface area contributed by atoms with Crippen molar-refractivity contribution in [3.05, 3.63) is 11.6 Å². The van der Waals surface area contributed by atoms with E-state index in [2.05, 4.69) is 0 Å². The first-order chi connectivity index (χ1) is 7.40. The average molecular weight is 224 g/mol. The highest BCUT2D eigenvalue weighted by Crippen LogP contribution is 2.28. The van der Waals surface area contributed by atoms with E-state index in [-0.39, 0.29) is 29.7 Å². The van der Waals surface area contributed by atoms with Crippen molar-refractivity contribution in [1.29, 1.82) is 0 Å². The molecule has 0 radical (unpaired) electrons. The molecule has 2 unspecified atom stereocenters. The summed E-state index contributed by atoms with van der Waals surface area (Å²) in [7, 11) is 0. The van der Waals surface area contributed by atoms with Gasteiger partial charge >= 0.3 is 5.97 Å². The van der Waals surface area contributed by atoms with E-state index >= 15 is 0 Å². The molecule has 0 amide bonds. The van der Waals surface area contributed by atoms with Gasteiger partial charge in [0, 0.05) is 6.42 Å². The van der Waals surface area contributed by atoms with Gasteiger partial charge in [-0.25, -0.2) is 0 Å². The Balaban J connectivity index is 2.51. The number of allylic oxidation sites excluding steroid dienone is 2. The van der Waals surface area contributed by atoms with Crippen LogP contribution in [0.4, 0.5) is 0 Å². The maximum absolute atomic E-state index is 11.6. The third-order valence-electron chi connectivity index (χ3n) is 2.78. The van der Waals surface area contributed by atoms with Crippen molar-refractivity contribution >= 4 is 11.8 Å². The van der Waals surface area contributed by atoms with Gasteiger partial charge in [-0.05, 0) is 32.3 Å². The number of ketones is 1. The van der Waals surface area contributed by atoms with Crippen LogP contribution in [0.25, 0.3) is 0 Å². The van der Waals surface area contributed by atoms with Crippen molar-refractivity contribution in [3.8, 4) is 0 Å². The molecule has 0 fully saturated rings. The molecule has 2 atom stereocenters. The van der Waals surface area contributed by atoms with E-state index in [1.165, 1.54) is 0 Å². The summed E-state index contributed by atoms with van der Waals surface area (Å²) in [6, 6.07) is 0. The van der Waals surface area contributed by atoms with Crippen LogP contribution in [0.2, 0.25) is 0 Å². The van der Waals surface area contributed by atoms with Gasteiger partial charge in [-0.2, -0.15) is 0 Å². The summed E-state index contributed by atoms with van der Waals surface area (Å²) in [6.07, 6.45) is 2.83. The van der Waals surface area contributed by atoms with Gasteiger partial charge in [0.25, 0.3) is 0 Å². The minimum absolute atomic E-state index is 0.0773. The Kier molecular flexibility index (Phi) is 4.27. The number of hydrogen-bond donors (Lipinski definition) is 0. The monoisotopic (exact) mass is 224 g/mol. The third-order valence-corrected chi connectivity index (χ3v) is 2.78. The molecular formula is C13H20O3. The molecule has 1 aliphatic carbocycles. The summed E-state index contributed by atoms with van der Waals surface area (Å²) in [5.41, 5.74) is 1.08. The molecule has 0 aromatic heterocycles. The first-order valence-corrected chi connectivity index (χ1v) is 5.84. The van der Waals surface area contributed by atoms with Crippen molar-refractivity contribution in [2.24, 2.45) is 11.8 Å². The lowest BCUT2D eigenvalue weighted by Gasteiger charge is -2.16. The van der Waals surface area contributed by atoms with Gasteiger partial charge in [-0.3, -0.25) is 9.59 Å². The van der Waals surface area contributed by atoms with Crippen molar-refractivity contribution in [3.63, 3.8) is 0 Å². The average Bonchev–Trinajstić information content (AvgIpc) is 2.43. The normalized spacial score (nSPS) is 22.2. The Morgan fingerprint density at radius 3 is 2.56 bits per heavy atom. The van der Waals surface area contributed by atoms with E-state index in [9.17, 15) is 9.59 Å². The SMILES string of the molecule is CC(C)OC(=O)C(C)CC1=CC(=O)CC1C. The Morgan fingerprint density at radius 2 is 2.12 bits per heavy atom. The first-order valence-electron chi connectivity index (χ1n) is 5.84. The number of carbonyl (C=O) groups is 2. The molecule has 0 aromatic carbocycles. The maximum Gasteiger partial charge on any atom is 0.309 e. The molecule has 1 aliphatic rings. The molecule has 0 bridgehead atoms. The highest BCUT2D eigenvalue weighted by atomic mass is 16.5. The van der Waals surface area contributed by atoms with Gasteiger partial charge in [0.1, 0.15) is 0 Å². The van der Waals surface area contributed by atoms with Gasteiger partial charge in [0.05, 0.1) is 12.0 Å². The molecule has 3 nitrogen and oxygen atoms in total. The topological polar surface area (TPSA) is 43.4 Å². The van der Waals surface area contributed by atoms with Crippen LogP contribution in [0.5, 0.6) is 0 Å². The molecule has 0 saturated carbocycles. The van der Waals surface area contributed by atoms with Crippen LogP contribution >= 0.6 is 0 Å². The predicted molar refractivity (Wildman–Crippen MR) is 61.9 cm³/mol. The smallest absolute Gasteiger partial charge is 0.309 e. The number of carbonyl (C=O) groups excluding carboxylic acids is 2. The fourth-order valence-electron chi connectivity index (χ4n) is 1.89. The third kappa shape index (κ3) is 3.47. The summed E-state index contributed by atoms with van der Waals surface area (Å²) in [6.45, 7) is 7.55. The van der Waals surface area contributed by atoms with E-state index in [0.29, 0.717) is 12.8 Å². The van der Waals surface area contributed by atoms with E-state index in [1.807, 2.05) is 27.7 Å². The Labute approximate surface area is 96.9 Å². The summed E-state index contributed by atoms with van der Waals surface area (Å²) in [5, 5.41) is 0. The highest BCUT2D eigenvalue weighted by molar-refractivity contribution is 5.93. The number of esters is 1. The van der Waals surface area contributed by atoms with Crippen LogP contribution in [-0.4, -0.2) is 17.9 Å². The van der Waals surface area contributed by atoms with Crippen molar-refractivity contribution < 1.29 is 14.3 Å². The van der Waals surface area contributed by atoms with Gasteiger partial charge in [0.2, 0.25) is 0 Å². The molecule has 1 rings (SSSR count). The molecule has 3 heteroatoms. The first kappa shape index (κ1) is 12.9. The largest absolute Gasteiger partial charge is 0.463 e. The molecule has 0 spiro atoms. The summed E-state index contributed by atoms with van der Waals surface area (Å²) in [4.78, 5) is 22.8. The molecule has 0 aromatic rings. The van der Waals surface area contributed by atoms with E-state index in [4.69, 9.17) is 4.74 Å². The predicted octanol–water partition coefficient (Wildman–Crippen LogP) is 2.50. The minimum Gasteiger partial charge on any atom is -0.463 e. The second-order valence-electron chi connectivity index (χ2n) is 4.88. The number of rotatable bonds is 4. The van der Waals surface area contributed by atoms with Gasteiger partial charge in [0.15, 0.2) is 5.78 Å². The maximum atomic E-state index is 11.6. The lowest BCUT2D eigenvalue weighted by molar-refractivity contribution is -0.151. The van der Waals surface area contributed by atoms with Crippen molar-refractivity contribution in [1.82, 2.24) is 0 Å². The Hall–Kier alpha value is -1.12. The lowest BCUT2D eigenvalue weighted by atomic mass is 9.94. The zero-order chi connectivity index (χ0) is 12.3. The fraction of sp³-hybridized carbons (Fsp3) is 0.692. The van der Waals surface area contributed by atoms with Crippen LogP contribution in [0.3, 0.4) is 0 Å². The zero-order valence-corrected chi connectivity index (χ0v) is 10.4. The quantitative estimate of drug-likeness (QED) is 0.689. The Bertz CT molecular complexity index is 315. The van der Waals surface area contributed by atoms with E-state index in [1.54, 1.807) is 6.08 Å². The van der Waals surface area contributed by atoms with Crippen molar-refractivity contribution in [2.45, 2.75) is 46.6 Å². The summed E-state index contributed by atoms with van der Waals surface area (Å²) in [5.74, 6) is 0.109. The van der Waals surface area contributed by atoms with Crippen LogP contribution in [0.1, 0.15) is 40.5 Å². The summed E-state index contributed by atoms with van der Waals surface area (Å²) >= 11 is 0. The standard InChI is InChI=1S/C13H20O3/c1-8(2)16-13(15)10(4)5-11-7-12(14)6-9(11)3/h7-10H,5-6H2,1-4H3. The zero-order valence-electron chi connectivity index (χ0n) is 10.4. The molecule has 0 aliphatic heterocycles. The van der Waals surface area contributed by atoms with Crippen molar-refractivity contribution in [2.75, 3.05) is 0 Å². The molecule has 16 heavy (non-hydrogen) atoms. The van der Waals surface area contributed by atoms with Crippen LogP contribution in [0.15, 0.2) is 11.6 Å². The Morgan fingerprint density at radius 1 is 1.50 bits per heavy atom.